The maximum absolute atomic E-state index is 12.6. The second kappa shape index (κ2) is 6.59. The van der Waals surface area contributed by atoms with E-state index in [-0.39, 0.29) is 11.8 Å². The Labute approximate surface area is 140 Å². The van der Waals surface area contributed by atoms with Crippen LogP contribution in [0.1, 0.15) is 48.6 Å². The third kappa shape index (κ3) is 2.98. The number of aromatic nitrogens is 4. The van der Waals surface area contributed by atoms with Crippen molar-refractivity contribution < 1.29 is 9.53 Å². The number of hydrogen-bond donors (Lipinski definition) is 1. The molecule has 2 aliphatic heterocycles. The van der Waals surface area contributed by atoms with Gasteiger partial charge in [0.05, 0.1) is 12.5 Å². The molecule has 0 unspecified atom stereocenters. The number of amides is 1. The Balaban J connectivity index is 1.44. The van der Waals surface area contributed by atoms with Crippen molar-refractivity contribution in [3.63, 3.8) is 0 Å². The van der Waals surface area contributed by atoms with Gasteiger partial charge in [0.15, 0.2) is 5.82 Å². The second-order valence-electron chi connectivity index (χ2n) is 6.42. The summed E-state index contributed by atoms with van der Waals surface area (Å²) in [6.45, 7) is 2.10. The minimum absolute atomic E-state index is 0.00178. The second-order valence-corrected chi connectivity index (χ2v) is 6.42. The van der Waals surface area contributed by atoms with Crippen LogP contribution in [0.4, 0.5) is 0 Å². The van der Waals surface area contributed by atoms with Crippen LogP contribution < -0.4 is 10.1 Å². The van der Waals surface area contributed by atoms with E-state index in [1.54, 1.807) is 4.68 Å². The zero-order chi connectivity index (χ0) is 16.4. The van der Waals surface area contributed by atoms with Crippen LogP contribution >= 0.6 is 0 Å². The molecular weight excluding hydrogens is 306 g/mol. The van der Waals surface area contributed by atoms with Crippen LogP contribution in [0.15, 0.2) is 18.2 Å². The molecule has 0 fully saturated rings. The number of carbonyl (C=O) groups excluding carboxylic acids is 1. The van der Waals surface area contributed by atoms with Gasteiger partial charge in [-0.05, 0) is 53.3 Å². The highest BCUT2D eigenvalue weighted by atomic mass is 16.5. The third-order valence-electron chi connectivity index (χ3n) is 4.74. The summed E-state index contributed by atoms with van der Waals surface area (Å²) in [7, 11) is 0. The van der Waals surface area contributed by atoms with E-state index in [0.717, 1.165) is 56.6 Å². The lowest BCUT2D eigenvalue weighted by atomic mass is 10.0. The molecule has 4 rings (SSSR count). The summed E-state index contributed by atoms with van der Waals surface area (Å²) >= 11 is 0. The van der Waals surface area contributed by atoms with Crippen molar-refractivity contribution in [1.29, 1.82) is 0 Å². The molecule has 1 N–H and O–H groups in total. The summed E-state index contributed by atoms with van der Waals surface area (Å²) in [6.07, 6.45) is 4.89. The van der Waals surface area contributed by atoms with Gasteiger partial charge in [0, 0.05) is 13.1 Å². The van der Waals surface area contributed by atoms with Crippen LogP contribution in [0.3, 0.4) is 0 Å². The Hall–Kier alpha value is -2.44. The monoisotopic (exact) mass is 327 g/mol. The molecule has 3 heterocycles. The first kappa shape index (κ1) is 15.1. The molecule has 1 aromatic carbocycles. The summed E-state index contributed by atoms with van der Waals surface area (Å²) in [5.41, 5.74) is 2.33. The SMILES string of the molecule is O=C(NCc1ccc2c(c1)CCCO2)[C@H]1CCCCn2nnnc21. The Morgan fingerprint density at radius 3 is 3.25 bits per heavy atom. The third-order valence-corrected chi connectivity index (χ3v) is 4.74. The van der Waals surface area contributed by atoms with Crippen molar-refractivity contribution in [2.24, 2.45) is 0 Å². The fourth-order valence-electron chi connectivity index (χ4n) is 3.44. The van der Waals surface area contributed by atoms with Gasteiger partial charge < -0.3 is 10.1 Å². The molecule has 0 aliphatic carbocycles. The number of rotatable bonds is 3. The highest BCUT2D eigenvalue weighted by molar-refractivity contribution is 5.82. The molecule has 7 nitrogen and oxygen atoms in total. The largest absolute Gasteiger partial charge is 0.493 e. The number of nitrogens with one attached hydrogen (secondary N) is 1. The molecule has 1 atom stereocenters. The minimum atomic E-state index is -0.261. The number of fused-ring (bicyclic) bond motifs is 2. The molecule has 126 valence electrons. The van der Waals surface area contributed by atoms with Gasteiger partial charge in [0.25, 0.3) is 0 Å². The van der Waals surface area contributed by atoms with E-state index in [1.165, 1.54) is 5.56 Å². The topological polar surface area (TPSA) is 81.9 Å². The van der Waals surface area contributed by atoms with Crippen LogP contribution in [0.2, 0.25) is 0 Å². The molecule has 0 radical (unpaired) electrons. The van der Waals surface area contributed by atoms with Crippen LogP contribution in [-0.2, 0) is 24.3 Å². The van der Waals surface area contributed by atoms with Crippen molar-refractivity contribution >= 4 is 5.91 Å². The molecule has 0 bridgehead atoms. The van der Waals surface area contributed by atoms with Crippen LogP contribution in [0, 0.1) is 0 Å². The summed E-state index contributed by atoms with van der Waals surface area (Å²) < 4.78 is 7.39. The Morgan fingerprint density at radius 1 is 1.33 bits per heavy atom. The standard InChI is InChI=1S/C17H21N5O2/c23-17(14-5-1-2-8-22-16(14)19-20-21-22)18-11-12-6-7-15-13(10-12)4-3-9-24-15/h6-7,10,14H,1-5,8-9,11H2,(H,18,23)/t14-/m0/s1. The van der Waals surface area contributed by atoms with Gasteiger partial charge in [-0.15, -0.1) is 5.10 Å². The summed E-state index contributed by atoms with van der Waals surface area (Å²) in [5.74, 6) is 1.40. The minimum Gasteiger partial charge on any atom is -0.493 e. The normalized spacial score (nSPS) is 19.6. The van der Waals surface area contributed by atoms with Gasteiger partial charge in [0.1, 0.15) is 5.75 Å². The molecule has 7 heteroatoms. The first-order valence-corrected chi connectivity index (χ1v) is 8.59. The van der Waals surface area contributed by atoms with Gasteiger partial charge in [-0.2, -0.15) is 0 Å². The van der Waals surface area contributed by atoms with E-state index in [0.29, 0.717) is 12.4 Å². The quantitative estimate of drug-likeness (QED) is 0.925. The average Bonchev–Trinajstić information content (AvgIpc) is 2.99. The smallest absolute Gasteiger partial charge is 0.231 e. The number of nitrogens with zero attached hydrogens (tertiary/aromatic N) is 4. The maximum Gasteiger partial charge on any atom is 0.231 e. The van der Waals surface area contributed by atoms with Crippen LogP contribution in [-0.4, -0.2) is 32.7 Å². The fourth-order valence-corrected chi connectivity index (χ4v) is 3.44. The molecule has 0 saturated carbocycles. The molecule has 1 aromatic heterocycles. The van der Waals surface area contributed by atoms with E-state index >= 15 is 0 Å². The predicted molar refractivity (Wildman–Crippen MR) is 86.5 cm³/mol. The predicted octanol–water partition coefficient (Wildman–Crippen LogP) is 1.58. The molecule has 0 saturated heterocycles. The molecule has 2 aromatic rings. The lowest BCUT2D eigenvalue weighted by Gasteiger charge is -2.18. The number of carbonyl (C=O) groups is 1. The Morgan fingerprint density at radius 2 is 2.29 bits per heavy atom. The van der Waals surface area contributed by atoms with Crippen LogP contribution in [0.25, 0.3) is 0 Å². The lowest BCUT2D eigenvalue weighted by Crippen LogP contribution is -2.30. The zero-order valence-electron chi connectivity index (χ0n) is 13.6. The molecule has 2 aliphatic rings. The van der Waals surface area contributed by atoms with Gasteiger partial charge >= 0.3 is 0 Å². The maximum atomic E-state index is 12.6. The first-order chi connectivity index (χ1) is 11.8. The number of ether oxygens (including phenoxy) is 1. The Bertz CT molecular complexity index is 742. The van der Waals surface area contributed by atoms with Gasteiger partial charge in [-0.25, -0.2) is 4.68 Å². The number of benzene rings is 1. The average molecular weight is 327 g/mol. The van der Waals surface area contributed by atoms with Gasteiger partial charge in [-0.3, -0.25) is 4.79 Å². The van der Waals surface area contributed by atoms with Crippen LogP contribution in [0.5, 0.6) is 5.75 Å². The highest BCUT2D eigenvalue weighted by Crippen LogP contribution is 2.26. The van der Waals surface area contributed by atoms with E-state index in [2.05, 4.69) is 26.9 Å². The number of tetrazole rings is 1. The highest BCUT2D eigenvalue weighted by Gasteiger charge is 2.28. The van der Waals surface area contributed by atoms with Crippen molar-refractivity contribution in [1.82, 2.24) is 25.5 Å². The lowest BCUT2D eigenvalue weighted by molar-refractivity contribution is -0.123. The molecule has 1 amide bonds. The molecular formula is C17H21N5O2. The summed E-state index contributed by atoms with van der Waals surface area (Å²) in [6, 6.07) is 6.15. The number of aryl methyl sites for hydroxylation is 2. The van der Waals surface area contributed by atoms with Crippen molar-refractivity contribution in [2.75, 3.05) is 6.61 Å². The van der Waals surface area contributed by atoms with Crippen molar-refractivity contribution in [3.8, 4) is 5.75 Å². The first-order valence-electron chi connectivity index (χ1n) is 8.59. The molecule has 24 heavy (non-hydrogen) atoms. The summed E-state index contributed by atoms with van der Waals surface area (Å²) in [4.78, 5) is 12.6. The van der Waals surface area contributed by atoms with Crippen molar-refractivity contribution in [2.45, 2.75) is 51.1 Å². The van der Waals surface area contributed by atoms with E-state index < -0.39 is 0 Å². The molecule has 0 spiro atoms. The van der Waals surface area contributed by atoms with Gasteiger partial charge in [-0.1, -0.05) is 18.6 Å². The Kier molecular flexibility index (Phi) is 4.15. The zero-order valence-corrected chi connectivity index (χ0v) is 13.6. The van der Waals surface area contributed by atoms with E-state index in [4.69, 9.17) is 4.74 Å². The van der Waals surface area contributed by atoms with Gasteiger partial charge in [0.2, 0.25) is 5.91 Å². The fraction of sp³-hybridized carbons (Fsp3) is 0.529. The number of hydrogen-bond acceptors (Lipinski definition) is 5. The van der Waals surface area contributed by atoms with E-state index in [1.807, 2.05) is 12.1 Å². The van der Waals surface area contributed by atoms with Crippen molar-refractivity contribution in [3.05, 3.63) is 35.2 Å². The summed E-state index contributed by atoms with van der Waals surface area (Å²) in [5, 5.41) is 14.8. The van der Waals surface area contributed by atoms with E-state index in [9.17, 15) is 4.79 Å².